The Labute approximate surface area is 116 Å². The highest BCUT2D eigenvalue weighted by Crippen LogP contribution is 2.29. The van der Waals surface area contributed by atoms with E-state index in [1.54, 1.807) is 6.92 Å². The summed E-state index contributed by atoms with van der Waals surface area (Å²) in [6.07, 6.45) is 0.242. The highest BCUT2D eigenvalue weighted by molar-refractivity contribution is 7.91. The highest BCUT2D eigenvalue weighted by atomic mass is 32.2. The Balaban J connectivity index is 2.15. The van der Waals surface area contributed by atoms with E-state index in [0.717, 1.165) is 6.07 Å². The molecule has 0 radical (unpaired) electrons. The van der Waals surface area contributed by atoms with Gasteiger partial charge in [0.25, 0.3) is 11.7 Å². The molecule has 1 aromatic carbocycles. The molecule has 1 aliphatic rings. The number of carbonyl (C=O) groups is 2. The van der Waals surface area contributed by atoms with Gasteiger partial charge in [-0.25, -0.2) is 12.8 Å². The molecule has 0 spiro atoms. The van der Waals surface area contributed by atoms with E-state index in [-0.39, 0.29) is 30.0 Å². The number of anilines is 1. The zero-order chi connectivity index (χ0) is 14.9. The fourth-order valence-corrected chi connectivity index (χ4v) is 2.94. The monoisotopic (exact) mass is 299 g/mol. The first kappa shape index (κ1) is 14.6. The summed E-state index contributed by atoms with van der Waals surface area (Å²) in [7, 11) is -3.11. The van der Waals surface area contributed by atoms with Crippen LogP contribution < -0.4 is 4.90 Å². The smallest absolute Gasteiger partial charge is 0.299 e. The predicted octanol–water partition coefficient (Wildman–Crippen LogP) is 1.18. The van der Waals surface area contributed by atoms with E-state index < -0.39 is 27.3 Å². The van der Waals surface area contributed by atoms with Crippen molar-refractivity contribution in [2.24, 2.45) is 0 Å². The molecule has 0 saturated carbocycles. The molecule has 1 heterocycles. The third-order valence-electron chi connectivity index (χ3n) is 3.21. The predicted molar refractivity (Wildman–Crippen MR) is 72.0 cm³/mol. The summed E-state index contributed by atoms with van der Waals surface area (Å²) in [5.41, 5.74) is 0.378. The topological polar surface area (TPSA) is 71.5 Å². The first-order valence-electron chi connectivity index (χ1n) is 6.22. The number of nitrogens with zero attached hydrogens (tertiary/aromatic N) is 1. The van der Waals surface area contributed by atoms with Crippen LogP contribution in [0, 0.1) is 5.82 Å². The quantitative estimate of drug-likeness (QED) is 0.765. The molecular weight excluding hydrogens is 285 g/mol. The number of hydrogen-bond acceptors (Lipinski definition) is 4. The summed E-state index contributed by atoms with van der Waals surface area (Å²) in [4.78, 5) is 24.7. The van der Waals surface area contributed by atoms with Crippen LogP contribution in [0.2, 0.25) is 0 Å². The third-order valence-corrected chi connectivity index (χ3v) is 5.00. The van der Waals surface area contributed by atoms with Crippen LogP contribution in [0.1, 0.15) is 23.7 Å². The lowest BCUT2D eigenvalue weighted by atomic mass is 10.1. The van der Waals surface area contributed by atoms with Crippen LogP contribution in [0.15, 0.2) is 18.2 Å². The second kappa shape index (κ2) is 5.32. The number of amides is 1. The molecular formula is C13H14FNO4S. The van der Waals surface area contributed by atoms with E-state index in [4.69, 9.17) is 0 Å². The molecule has 0 aromatic heterocycles. The number of ketones is 1. The summed E-state index contributed by atoms with van der Waals surface area (Å²) in [5, 5.41) is 0. The standard InChI is InChI=1S/C13H14FNO4S/c1-2-20(18,19)7-3-6-15-11-5-4-9(14)8-10(11)12(16)13(15)17/h4-5,8H,2-3,6-7H2,1H3. The maximum Gasteiger partial charge on any atom is 0.299 e. The minimum atomic E-state index is -3.11. The summed E-state index contributed by atoms with van der Waals surface area (Å²) >= 11 is 0. The second-order valence-corrected chi connectivity index (χ2v) is 7.01. The molecule has 1 aliphatic heterocycles. The number of Topliss-reactive ketones (excluding diaryl/α,β-unsaturated/α-hetero) is 1. The van der Waals surface area contributed by atoms with Crippen molar-refractivity contribution in [3.05, 3.63) is 29.6 Å². The molecule has 0 atom stereocenters. The van der Waals surface area contributed by atoms with Gasteiger partial charge in [-0.1, -0.05) is 6.92 Å². The fourth-order valence-electron chi connectivity index (χ4n) is 2.08. The molecule has 0 N–H and O–H groups in total. The maximum atomic E-state index is 13.1. The van der Waals surface area contributed by atoms with Gasteiger partial charge in [-0.3, -0.25) is 9.59 Å². The average Bonchev–Trinajstić information content (AvgIpc) is 2.63. The van der Waals surface area contributed by atoms with Crippen molar-refractivity contribution in [1.82, 2.24) is 0 Å². The van der Waals surface area contributed by atoms with E-state index in [1.807, 2.05) is 0 Å². The first-order valence-corrected chi connectivity index (χ1v) is 8.04. The summed E-state index contributed by atoms with van der Waals surface area (Å²) < 4.78 is 35.9. The Morgan fingerprint density at radius 1 is 1.25 bits per heavy atom. The van der Waals surface area contributed by atoms with Gasteiger partial charge in [0, 0.05) is 12.3 Å². The van der Waals surface area contributed by atoms with Gasteiger partial charge in [0.15, 0.2) is 0 Å². The van der Waals surface area contributed by atoms with Crippen molar-refractivity contribution >= 4 is 27.2 Å². The minimum Gasteiger partial charge on any atom is -0.305 e. The van der Waals surface area contributed by atoms with Crippen molar-refractivity contribution in [3.63, 3.8) is 0 Å². The maximum absolute atomic E-state index is 13.1. The molecule has 1 aromatic rings. The number of benzene rings is 1. The number of halogens is 1. The SMILES string of the molecule is CCS(=O)(=O)CCCN1C(=O)C(=O)c2cc(F)ccc21. The van der Waals surface area contributed by atoms with Gasteiger partial charge in [-0.2, -0.15) is 0 Å². The van der Waals surface area contributed by atoms with Gasteiger partial charge in [-0.05, 0) is 24.6 Å². The Morgan fingerprint density at radius 3 is 2.60 bits per heavy atom. The van der Waals surface area contributed by atoms with Crippen LogP contribution in [0.5, 0.6) is 0 Å². The van der Waals surface area contributed by atoms with Gasteiger partial charge in [0.1, 0.15) is 15.7 Å². The Hall–Kier alpha value is -1.76. The minimum absolute atomic E-state index is 0.0355. The van der Waals surface area contributed by atoms with Crippen molar-refractivity contribution in [3.8, 4) is 0 Å². The van der Waals surface area contributed by atoms with Crippen LogP contribution in [0.4, 0.5) is 10.1 Å². The van der Waals surface area contributed by atoms with Crippen molar-refractivity contribution in [2.45, 2.75) is 13.3 Å². The van der Waals surface area contributed by atoms with Gasteiger partial charge >= 0.3 is 0 Å². The average molecular weight is 299 g/mol. The van der Waals surface area contributed by atoms with E-state index in [1.165, 1.54) is 17.0 Å². The molecule has 7 heteroatoms. The van der Waals surface area contributed by atoms with Crippen LogP contribution in [0.25, 0.3) is 0 Å². The molecule has 108 valence electrons. The number of rotatable bonds is 5. The van der Waals surface area contributed by atoms with Gasteiger partial charge < -0.3 is 4.90 Å². The largest absolute Gasteiger partial charge is 0.305 e. The Kier molecular flexibility index (Phi) is 3.89. The molecule has 20 heavy (non-hydrogen) atoms. The molecule has 0 fully saturated rings. The fraction of sp³-hybridized carbons (Fsp3) is 0.385. The molecule has 0 saturated heterocycles. The van der Waals surface area contributed by atoms with Crippen LogP contribution in [-0.2, 0) is 14.6 Å². The van der Waals surface area contributed by atoms with Crippen LogP contribution in [-0.4, -0.2) is 38.2 Å². The lowest BCUT2D eigenvalue weighted by Gasteiger charge is -2.16. The zero-order valence-corrected chi connectivity index (χ0v) is 11.7. The highest BCUT2D eigenvalue weighted by Gasteiger charge is 2.35. The van der Waals surface area contributed by atoms with Gasteiger partial charge in [0.2, 0.25) is 0 Å². The van der Waals surface area contributed by atoms with E-state index in [9.17, 15) is 22.4 Å². The summed E-state index contributed by atoms with van der Waals surface area (Å²) in [5.74, 6) is -2.07. The molecule has 0 bridgehead atoms. The summed E-state index contributed by atoms with van der Waals surface area (Å²) in [6.45, 7) is 1.68. The molecule has 0 aliphatic carbocycles. The Bertz CT molecular complexity index is 669. The Morgan fingerprint density at radius 2 is 1.95 bits per heavy atom. The van der Waals surface area contributed by atoms with Crippen LogP contribution in [0.3, 0.4) is 0 Å². The number of fused-ring (bicyclic) bond motifs is 1. The zero-order valence-electron chi connectivity index (χ0n) is 10.9. The lowest BCUT2D eigenvalue weighted by molar-refractivity contribution is -0.114. The van der Waals surface area contributed by atoms with E-state index >= 15 is 0 Å². The van der Waals surface area contributed by atoms with Crippen LogP contribution >= 0.6 is 0 Å². The lowest BCUT2D eigenvalue weighted by Crippen LogP contribution is -2.31. The number of carbonyl (C=O) groups excluding carboxylic acids is 2. The number of hydrogen-bond donors (Lipinski definition) is 0. The third kappa shape index (κ3) is 2.72. The molecule has 0 unspecified atom stereocenters. The molecule has 1 amide bonds. The van der Waals surface area contributed by atoms with Crippen molar-refractivity contribution in [2.75, 3.05) is 23.0 Å². The molecule has 2 rings (SSSR count). The van der Waals surface area contributed by atoms with Crippen molar-refractivity contribution < 1.29 is 22.4 Å². The van der Waals surface area contributed by atoms with Gasteiger partial charge in [-0.15, -0.1) is 0 Å². The molecule has 5 nitrogen and oxygen atoms in total. The normalized spacial score (nSPS) is 14.8. The van der Waals surface area contributed by atoms with E-state index in [0.29, 0.717) is 5.69 Å². The van der Waals surface area contributed by atoms with Gasteiger partial charge in [0.05, 0.1) is 17.0 Å². The first-order chi connectivity index (χ1) is 9.35. The number of sulfone groups is 1. The van der Waals surface area contributed by atoms with E-state index in [2.05, 4.69) is 0 Å². The summed E-state index contributed by atoms with van der Waals surface area (Å²) in [6, 6.07) is 3.56. The second-order valence-electron chi connectivity index (χ2n) is 4.54. The van der Waals surface area contributed by atoms with Crippen molar-refractivity contribution in [1.29, 1.82) is 0 Å².